The molecule has 7 aromatic carbocycles. The van der Waals surface area contributed by atoms with Crippen molar-refractivity contribution in [2.75, 3.05) is 14.7 Å². The number of benzene rings is 7. The minimum absolute atomic E-state index is 0.0202. The van der Waals surface area contributed by atoms with Gasteiger partial charge in [0.05, 0.1) is 11.4 Å². The summed E-state index contributed by atoms with van der Waals surface area (Å²) in [4.78, 5) is 7.70. The zero-order valence-electron chi connectivity index (χ0n) is 52.9. The molecule has 8 aromatic rings. The van der Waals surface area contributed by atoms with Crippen LogP contribution in [0.3, 0.4) is 0 Å². The van der Waals surface area contributed by atoms with Crippen molar-refractivity contribution in [1.82, 2.24) is 0 Å². The summed E-state index contributed by atoms with van der Waals surface area (Å²) in [6, 6.07) is 50.7. The van der Waals surface area contributed by atoms with Crippen LogP contribution in [0.15, 0.2) is 133 Å². The lowest BCUT2D eigenvalue weighted by molar-refractivity contribution is 0.332. The quantitative estimate of drug-likeness (QED) is 0.159. The van der Waals surface area contributed by atoms with Gasteiger partial charge in [-0.2, -0.15) is 0 Å². The molecule has 2 aliphatic carbocycles. The first-order chi connectivity index (χ1) is 37.6. The third kappa shape index (κ3) is 8.49. The first-order valence-electron chi connectivity index (χ1n) is 30.5. The average Bonchev–Trinajstić information content (AvgIpc) is 2.55. The monoisotopic (exact) mass is 1050 g/mol. The van der Waals surface area contributed by atoms with Crippen molar-refractivity contribution >= 4 is 95.0 Å². The van der Waals surface area contributed by atoms with Gasteiger partial charge < -0.3 is 14.7 Å². The van der Waals surface area contributed by atoms with Crippen molar-refractivity contribution in [2.24, 2.45) is 0 Å². The predicted molar refractivity (Wildman–Crippen MR) is 342 cm³/mol. The van der Waals surface area contributed by atoms with Gasteiger partial charge in [-0.25, -0.2) is 0 Å². The Hall–Kier alpha value is -6.04. The molecule has 12 rings (SSSR count). The van der Waals surface area contributed by atoms with E-state index in [0.717, 1.165) is 59.8 Å². The van der Waals surface area contributed by atoms with Crippen LogP contribution in [0.25, 0.3) is 10.1 Å². The van der Waals surface area contributed by atoms with E-state index in [1.54, 1.807) is 12.1 Å². The Morgan fingerprint density at radius 3 is 1.59 bits per heavy atom. The largest absolute Gasteiger partial charge is 0.311 e. The van der Waals surface area contributed by atoms with Gasteiger partial charge in [0, 0.05) is 58.8 Å². The summed E-state index contributed by atoms with van der Waals surface area (Å²) in [5.74, 6) is 0. The minimum atomic E-state index is -2.24. The average molecular weight is 1050 g/mol. The molecule has 3 heterocycles. The molecule has 0 saturated carbocycles. The minimum Gasteiger partial charge on any atom is -0.311 e. The van der Waals surface area contributed by atoms with E-state index in [1.165, 1.54) is 81.8 Å². The zero-order valence-corrected chi connectivity index (χ0v) is 50.7. The maximum atomic E-state index is 8.41. The lowest BCUT2D eigenvalue weighted by Crippen LogP contribution is -2.61. The summed E-state index contributed by atoms with van der Waals surface area (Å²) in [6.45, 7) is 38.4. The molecule has 1 aromatic heterocycles. The Balaban J connectivity index is 1.28. The molecular weight excluding hydrogens is 962 g/mol. The zero-order chi connectivity index (χ0) is 58.1. The van der Waals surface area contributed by atoms with Gasteiger partial charge in [-0.15, -0.1) is 11.3 Å². The highest BCUT2D eigenvalue weighted by atomic mass is 32.1. The molecule has 3 nitrogen and oxygen atoms in total. The molecule has 4 aliphatic rings. The third-order valence-electron chi connectivity index (χ3n) is 18.9. The predicted octanol–water partition coefficient (Wildman–Crippen LogP) is 19.4. The second-order valence-corrected chi connectivity index (χ2v) is 30.6. The van der Waals surface area contributed by atoms with Crippen LogP contribution in [-0.2, 0) is 37.9 Å². The van der Waals surface area contributed by atoms with Crippen molar-refractivity contribution in [3.05, 3.63) is 178 Å². The number of anilines is 9. The molecule has 400 valence electrons. The van der Waals surface area contributed by atoms with Gasteiger partial charge in [-0.3, -0.25) is 0 Å². The number of para-hydroxylation sites is 1. The molecule has 0 atom stereocenters. The van der Waals surface area contributed by atoms with Crippen LogP contribution < -0.4 is 30.4 Å². The molecule has 0 amide bonds. The number of nitrogens with zero attached hydrogens (tertiary/aromatic N) is 3. The summed E-state index contributed by atoms with van der Waals surface area (Å²) < 4.78 is 27.9. The molecule has 0 saturated heterocycles. The number of thiophene rings is 1. The van der Waals surface area contributed by atoms with E-state index in [-0.39, 0.29) is 44.6 Å². The van der Waals surface area contributed by atoms with Crippen LogP contribution in [0.1, 0.15) is 192 Å². The van der Waals surface area contributed by atoms with Crippen molar-refractivity contribution in [2.45, 2.75) is 188 Å². The fourth-order valence-electron chi connectivity index (χ4n) is 13.6. The lowest BCUT2D eigenvalue weighted by Gasteiger charge is -2.48. The molecule has 0 N–H and O–H groups in total. The maximum Gasteiger partial charge on any atom is 0.264 e. The fourth-order valence-corrected chi connectivity index (χ4v) is 14.9. The molecule has 0 radical (unpaired) electrons. The highest BCUT2D eigenvalue weighted by Crippen LogP contribution is 2.55. The standard InChI is InChI=1S/C73H84BN3S/c1-45-24-27-50(28-25-45)75(49-22-20-19-21-23-49)53-41-61-64-62(42-53)77(52-37-47(68(5,6)7)36-48(38-52)69(8,9)10)65-54-39-46(67(2,3)4)26-31-63(54)78-66(65)74(64)59-43-57-58(73(17,18)35-34-72(57,15)16)44-60(59)76(61)51-29-30-55-56(40-51)71(13,14)33-32-70(55,11)12/h19-31,36-44H,32-35H2,1-18H3/i1D3. The smallest absolute Gasteiger partial charge is 0.264 e. The number of hydrogen-bond donors (Lipinski definition) is 0. The molecule has 0 spiro atoms. The van der Waals surface area contributed by atoms with Crippen molar-refractivity contribution < 1.29 is 4.11 Å². The number of rotatable bonds is 5. The van der Waals surface area contributed by atoms with Gasteiger partial charge in [-0.1, -0.05) is 178 Å². The summed E-state index contributed by atoms with van der Waals surface area (Å²) in [6.07, 6.45) is 4.51. The summed E-state index contributed by atoms with van der Waals surface area (Å²) in [5.41, 5.74) is 22.3. The first kappa shape index (κ1) is 49.0. The van der Waals surface area contributed by atoms with Gasteiger partial charge in [0.2, 0.25) is 0 Å². The highest BCUT2D eigenvalue weighted by molar-refractivity contribution is 7.33. The van der Waals surface area contributed by atoms with E-state index in [0.29, 0.717) is 5.56 Å². The summed E-state index contributed by atoms with van der Waals surface area (Å²) in [5, 5.41) is 1.28. The van der Waals surface area contributed by atoms with E-state index in [2.05, 4.69) is 242 Å². The fraction of sp³-hybridized carbons (Fsp3) is 0.397. The molecule has 5 heteroatoms. The van der Waals surface area contributed by atoms with Gasteiger partial charge in [0.1, 0.15) is 0 Å². The van der Waals surface area contributed by atoms with Crippen molar-refractivity contribution in [3.8, 4) is 0 Å². The van der Waals surface area contributed by atoms with E-state index in [9.17, 15) is 0 Å². The second-order valence-electron chi connectivity index (χ2n) is 29.5. The van der Waals surface area contributed by atoms with Gasteiger partial charge in [-0.05, 0) is 199 Å². The molecule has 2 aliphatic heterocycles. The van der Waals surface area contributed by atoms with Crippen LogP contribution in [-0.4, -0.2) is 6.71 Å². The maximum absolute atomic E-state index is 8.41. The van der Waals surface area contributed by atoms with Crippen LogP contribution in [0.5, 0.6) is 0 Å². The van der Waals surface area contributed by atoms with Gasteiger partial charge in [0.25, 0.3) is 6.71 Å². The van der Waals surface area contributed by atoms with Crippen molar-refractivity contribution in [1.29, 1.82) is 0 Å². The summed E-state index contributed by atoms with van der Waals surface area (Å²) in [7, 11) is 0. The molecule has 0 fully saturated rings. The SMILES string of the molecule is [2H]C([2H])([2H])c1ccc(N(c2ccccc2)c2cc3c4c(c2)N(c2cc(C(C)(C)C)cc(C(C)(C)C)c2)c2c(sc5ccc(C(C)(C)C)cc25)B4c2cc4c(cc2N3c2ccc3c(c2)C(C)(C)CCC3(C)C)C(C)(C)CCC4(C)C)cc1. The van der Waals surface area contributed by atoms with Crippen LogP contribution in [0.4, 0.5) is 51.2 Å². The summed E-state index contributed by atoms with van der Waals surface area (Å²) >= 11 is 1.98. The Labute approximate surface area is 477 Å². The first-order valence-corrected chi connectivity index (χ1v) is 29.8. The second kappa shape index (κ2) is 17.5. The normalized spacial score (nSPS) is 18.5. The van der Waals surface area contributed by atoms with E-state index < -0.39 is 6.85 Å². The molecule has 78 heavy (non-hydrogen) atoms. The third-order valence-corrected chi connectivity index (χ3v) is 20.1. The van der Waals surface area contributed by atoms with E-state index >= 15 is 0 Å². The number of fused-ring (bicyclic) bond motifs is 8. The molecule has 0 unspecified atom stereocenters. The highest BCUT2D eigenvalue weighted by Gasteiger charge is 2.49. The van der Waals surface area contributed by atoms with Crippen LogP contribution >= 0.6 is 11.3 Å². The van der Waals surface area contributed by atoms with Crippen LogP contribution in [0.2, 0.25) is 0 Å². The Kier molecular flexibility index (Phi) is 11.0. The van der Waals surface area contributed by atoms with E-state index in [4.69, 9.17) is 4.11 Å². The topological polar surface area (TPSA) is 9.72 Å². The van der Waals surface area contributed by atoms with Gasteiger partial charge >= 0.3 is 0 Å². The Morgan fingerprint density at radius 1 is 0.474 bits per heavy atom. The van der Waals surface area contributed by atoms with E-state index in [1.807, 2.05) is 23.5 Å². The molecular formula is C73H84BN3S. The Bertz CT molecular complexity index is 3810. The van der Waals surface area contributed by atoms with Crippen LogP contribution in [0, 0.1) is 6.85 Å². The number of aryl methyl sites for hydroxylation is 1. The molecule has 0 bridgehead atoms. The van der Waals surface area contributed by atoms with Crippen molar-refractivity contribution in [3.63, 3.8) is 0 Å². The Morgan fingerprint density at radius 2 is 1.01 bits per heavy atom. The number of hydrogen-bond acceptors (Lipinski definition) is 4. The lowest BCUT2D eigenvalue weighted by atomic mass is 9.35. The van der Waals surface area contributed by atoms with Gasteiger partial charge in [0.15, 0.2) is 0 Å².